The summed E-state index contributed by atoms with van der Waals surface area (Å²) in [5.74, 6) is -1.04. The van der Waals surface area contributed by atoms with E-state index >= 15 is 0 Å². The highest BCUT2D eigenvalue weighted by molar-refractivity contribution is 4.88. The third-order valence-corrected chi connectivity index (χ3v) is 1.79. The lowest BCUT2D eigenvalue weighted by Gasteiger charge is -2.08. The molecular weight excluding hydrogens is 136 g/mol. The summed E-state index contributed by atoms with van der Waals surface area (Å²) >= 11 is 0. The summed E-state index contributed by atoms with van der Waals surface area (Å²) in [6.45, 7) is 0.952. The van der Waals surface area contributed by atoms with Gasteiger partial charge >= 0.3 is 0 Å². The van der Waals surface area contributed by atoms with Crippen LogP contribution in [0.5, 0.6) is 0 Å². The lowest BCUT2D eigenvalue weighted by atomic mass is 10.1. The number of epoxide rings is 2. The molecule has 2 aliphatic rings. The van der Waals surface area contributed by atoms with E-state index in [0.717, 1.165) is 0 Å². The summed E-state index contributed by atoms with van der Waals surface area (Å²) in [7, 11) is 0. The highest BCUT2D eigenvalue weighted by Crippen LogP contribution is 2.31. The molecule has 4 nitrogen and oxygen atoms in total. The smallest absolute Gasteiger partial charge is 0.192 e. The van der Waals surface area contributed by atoms with Gasteiger partial charge in [-0.25, -0.2) is 0 Å². The molecule has 0 radical (unpaired) electrons. The molecule has 10 heavy (non-hydrogen) atoms. The van der Waals surface area contributed by atoms with Crippen molar-refractivity contribution < 1.29 is 19.7 Å². The maximum Gasteiger partial charge on any atom is 0.192 e. The van der Waals surface area contributed by atoms with Crippen LogP contribution in [0.3, 0.4) is 0 Å². The highest BCUT2D eigenvalue weighted by atomic mass is 16.7. The SMILES string of the molecule is OC(CC1(O)CO1)C1CO1. The first-order valence-corrected chi connectivity index (χ1v) is 3.36. The summed E-state index contributed by atoms with van der Waals surface area (Å²) in [5, 5.41) is 18.3. The Balaban J connectivity index is 1.77. The fourth-order valence-electron chi connectivity index (χ4n) is 0.937. The van der Waals surface area contributed by atoms with Gasteiger partial charge in [0.1, 0.15) is 12.7 Å². The van der Waals surface area contributed by atoms with Crippen LogP contribution in [0.4, 0.5) is 0 Å². The van der Waals surface area contributed by atoms with Crippen molar-refractivity contribution in [2.75, 3.05) is 13.2 Å². The Morgan fingerprint density at radius 2 is 2.30 bits per heavy atom. The van der Waals surface area contributed by atoms with Crippen LogP contribution in [0.2, 0.25) is 0 Å². The first-order chi connectivity index (χ1) is 4.70. The van der Waals surface area contributed by atoms with Crippen molar-refractivity contribution in [3.63, 3.8) is 0 Å². The number of aliphatic hydroxyl groups is 2. The first-order valence-electron chi connectivity index (χ1n) is 3.36. The van der Waals surface area contributed by atoms with Crippen LogP contribution in [0, 0.1) is 0 Å². The molecule has 58 valence electrons. The molecule has 4 heteroatoms. The molecule has 0 bridgehead atoms. The molecule has 3 unspecified atom stereocenters. The van der Waals surface area contributed by atoms with Crippen molar-refractivity contribution in [1.82, 2.24) is 0 Å². The Morgan fingerprint density at radius 3 is 2.70 bits per heavy atom. The van der Waals surface area contributed by atoms with Gasteiger partial charge in [-0.2, -0.15) is 0 Å². The van der Waals surface area contributed by atoms with Crippen LogP contribution < -0.4 is 0 Å². The molecule has 2 saturated heterocycles. The molecule has 2 fully saturated rings. The maximum atomic E-state index is 9.20. The number of rotatable bonds is 3. The average molecular weight is 146 g/mol. The zero-order chi connectivity index (χ0) is 7.19. The zero-order valence-electron chi connectivity index (χ0n) is 5.49. The van der Waals surface area contributed by atoms with Crippen molar-refractivity contribution in [2.24, 2.45) is 0 Å². The van der Waals surface area contributed by atoms with Gasteiger partial charge in [-0.05, 0) is 0 Å². The van der Waals surface area contributed by atoms with Gasteiger partial charge in [0.15, 0.2) is 5.79 Å². The van der Waals surface area contributed by atoms with Gasteiger partial charge in [0, 0.05) is 6.42 Å². The van der Waals surface area contributed by atoms with Crippen molar-refractivity contribution in [3.8, 4) is 0 Å². The van der Waals surface area contributed by atoms with E-state index in [1.165, 1.54) is 0 Å². The summed E-state index contributed by atoms with van der Waals surface area (Å²) in [4.78, 5) is 0. The van der Waals surface area contributed by atoms with Crippen LogP contribution in [0.15, 0.2) is 0 Å². The van der Waals surface area contributed by atoms with E-state index in [4.69, 9.17) is 9.84 Å². The highest BCUT2D eigenvalue weighted by Gasteiger charge is 2.47. The first kappa shape index (κ1) is 6.54. The molecule has 2 aliphatic heterocycles. The fourth-order valence-corrected chi connectivity index (χ4v) is 0.937. The molecule has 0 aliphatic carbocycles. The van der Waals surface area contributed by atoms with Crippen molar-refractivity contribution in [2.45, 2.75) is 24.4 Å². The van der Waals surface area contributed by atoms with Crippen LogP contribution in [0.1, 0.15) is 6.42 Å². The third kappa shape index (κ3) is 1.29. The van der Waals surface area contributed by atoms with Gasteiger partial charge in [0.25, 0.3) is 0 Å². The van der Waals surface area contributed by atoms with Crippen LogP contribution in [-0.4, -0.2) is 41.4 Å². The topological polar surface area (TPSA) is 65.5 Å². The summed E-state index contributed by atoms with van der Waals surface area (Å²) < 4.78 is 9.51. The second-order valence-electron chi connectivity index (χ2n) is 2.88. The third-order valence-electron chi connectivity index (χ3n) is 1.79. The van der Waals surface area contributed by atoms with Crippen LogP contribution in [0.25, 0.3) is 0 Å². The normalized spacial score (nSPS) is 46.8. The Bertz CT molecular complexity index is 139. The van der Waals surface area contributed by atoms with Gasteiger partial charge < -0.3 is 19.7 Å². The van der Waals surface area contributed by atoms with E-state index in [1.54, 1.807) is 0 Å². The monoisotopic (exact) mass is 146 g/mol. The fraction of sp³-hybridized carbons (Fsp3) is 1.00. The minimum absolute atomic E-state index is 0.0618. The molecule has 0 spiro atoms. The Labute approximate surface area is 58.4 Å². The van der Waals surface area contributed by atoms with E-state index in [1.807, 2.05) is 0 Å². The second kappa shape index (κ2) is 1.92. The molecule has 0 saturated carbocycles. The molecule has 0 amide bonds. The average Bonchev–Trinajstić information content (AvgIpc) is 2.60. The number of aliphatic hydroxyl groups excluding tert-OH is 1. The van der Waals surface area contributed by atoms with Gasteiger partial charge in [-0.1, -0.05) is 0 Å². The minimum Gasteiger partial charge on any atom is -0.390 e. The maximum absolute atomic E-state index is 9.20. The quantitative estimate of drug-likeness (QED) is 0.494. The molecule has 2 rings (SSSR count). The lowest BCUT2D eigenvalue weighted by molar-refractivity contribution is -0.0167. The lowest BCUT2D eigenvalue weighted by Crippen LogP contribution is -2.24. The Hall–Kier alpha value is -0.160. The largest absolute Gasteiger partial charge is 0.390 e. The van der Waals surface area contributed by atoms with Gasteiger partial charge in [-0.15, -0.1) is 0 Å². The molecule has 3 atom stereocenters. The molecular formula is C6H10O4. The van der Waals surface area contributed by atoms with Crippen molar-refractivity contribution >= 4 is 0 Å². The molecule has 2 heterocycles. The van der Waals surface area contributed by atoms with E-state index < -0.39 is 11.9 Å². The predicted octanol–water partition coefficient (Wildman–Crippen LogP) is -1.15. The molecule has 2 N–H and O–H groups in total. The standard InChI is InChI=1S/C6H10O4/c7-4(5-2-9-5)1-6(8)3-10-6/h4-5,7-8H,1-3H2. The van der Waals surface area contributed by atoms with Crippen LogP contribution >= 0.6 is 0 Å². The molecule has 0 aromatic carbocycles. The zero-order valence-corrected chi connectivity index (χ0v) is 5.49. The second-order valence-corrected chi connectivity index (χ2v) is 2.88. The summed E-state index contributed by atoms with van der Waals surface area (Å²) in [5.41, 5.74) is 0. The van der Waals surface area contributed by atoms with Gasteiger partial charge in [0.05, 0.1) is 12.7 Å². The molecule has 0 aromatic rings. The van der Waals surface area contributed by atoms with E-state index in [0.29, 0.717) is 13.2 Å². The van der Waals surface area contributed by atoms with Crippen molar-refractivity contribution in [3.05, 3.63) is 0 Å². The Morgan fingerprint density at radius 1 is 1.70 bits per heavy atom. The molecule has 0 aromatic heterocycles. The minimum atomic E-state index is -1.04. The summed E-state index contributed by atoms with van der Waals surface area (Å²) in [6.07, 6.45) is -0.349. The van der Waals surface area contributed by atoms with Gasteiger partial charge in [0.2, 0.25) is 0 Å². The summed E-state index contributed by atoms with van der Waals surface area (Å²) in [6, 6.07) is 0. The van der Waals surface area contributed by atoms with E-state index in [2.05, 4.69) is 4.74 Å². The number of ether oxygens (including phenoxy) is 2. The van der Waals surface area contributed by atoms with E-state index in [9.17, 15) is 5.11 Å². The predicted molar refractivity (Wildman–Crippen MR) is 31.3 cm³/mol. The van der Waals surface area contributed by atoms with Gasteiger partial charge in [-0.3, -0.25) is 0 Å². The van der Waals surface area contributed by atoms with Crippen molar-refractivity contribution in [1.29, 1.82) is 0 Å². The van der Waals surface area contributed by atoms with E-state index in [-0.39, 0.29) is 12.5 Å². The number of hydrogen-bond acceptors (Lipinski definition) is 4. The van der Waals surface area contributed by atoms with Crippen LogP contribution in [-0.2, 0) is 9.47 Å². The Kier molecular flexibility index (Phi) is 1.25. The number of hydrogen-bond donors (Lipinski definition) is 2.